The van der Waals surface area contributed by atoms with Crippen molar-refractivity contribution < 1.29 is 13.2 Å². The zero-order valence-electron chi connectivity index (χ0n) is 12.0. The number of hydrogen-bond acceptors (Lipinski definition) is 4. The summed E-state index contributed by atoms with van der Waals surface area (Å²) < 4.78 is 37.8. The minimum atomic E-state index is -4.34. The minimum absolute atomic E-state index is 0.0488. The number of aromatic nitrogens is 1. The molecule has 1 heterocycles. The first-order valence-electron chi connectivity index (χ1n) is 6.68. The lowest BCUT2D eigenvalue weighted by Gasteiger charge is -2.17. The molecule has 1 atom stereocenters. The fourth-order valence-corrected chi connectivity index (χ4v) is 3.67. The van der Waals surface area contributed by atoms with Crippen molar-refractivity contribution in [1.29, 1.82) is 0 Å². The molecule has 0 aliphatic carbocycles. The Labute approximate surface area is 126 Å². The summed E-state index contributed by atoms with van der Waals surface area (Å²) in [7, 11) is 0. The largest absolute Gasteiger partial charge is 0.443 e. The van der Waals surface area contributed by atoms with Crippen LogP contribution in [0.3, 0.4) is 0 Å². The van der Waals surface area contributed by atoms with E-state index in [1.54, 1.807) is 11.8 Å². The van der Waals surface area contributed by atoms with E-state index in [2.05, 4.69) is 24.1 Å². The molecule has 7 heteroatoms. The Bertz CT molecular complexity index is 391. The van der Waals surface area contributed by atoms with Gasteiger partial charge in [-0.1, -0.05) is 20.8 Å². The third-order valence-corrected chi connectivity index (χ3v) is 5.11. The van der Waals surface area contributed by atoms with E-state index in [0.717, 1.165) is 35.8 Å². The van der Waals surface area contributed by atoms with Crippen molar-refractivity contribution in [3.63, 3.8) is 0 Å². The van der Waals surface area contributed by atoms with E-state index >= 15 is 0 Å². The molecular weight excluding hydrogens is 305 g/mol. The number of thioether (sulfide) groups is 1. The lowest BCUT2D eigenvalue weighted by atomic mass is 10.3. The van der Waals surface area contributed by atoms with Gasteiger partial charge in [0.25, 0.3) is 0 Å². The highest BCUT2D eigenvalue weighted by Gasteiger charge is 2.35. The number of hydrogen-bond donors (Lipinski definition) is 1. The smallest absolute Gasteiger partial charge is 0.309 e. The molecule has 1 aromatic heterocycles. The Morgan fingerprint density at radius 2 is 2.05 bits per heavy atom. The number of rotatable bonds is 8. The summed E-state index contributed by atoms with van der Waals surface area (Å²) in [4.78, 5) is 4.17. The van der Waals surface area contributed by atoms with E-state index in [-0.39, 0.29) is 6.04 Å². The highest BCUT2D eigenvalue weighted by atomic mass is 32.2. The highest BCUT2D eigenvalue weighted by molar-refractivity contribution is 7.99. The van der Waals surface area contributed by atoms with Gasteiger partial charge in [0.05, 0.1) is 6.04 Å². The third kappa shape index (κ3) is 6.01. The van der Waals surface area contributed by atoms with Gasteiger partial charge in [0.15, 0.2) is 5.01 Å². The molecule has 1 unspecified atom stereocenters. The molecule has 0 aliphatic heterocycles. The second-order valence-corrected chi connectivity index (χ2v) is 7.14. The molecule has 0 fully saturated rings. The van der Waals surface area contributed by atoms with Gasteiger partial charge in [-0.2, -0.15) is 24.9 Å². The summed E-state index contributed by atoms with van der Waals surface area (Å²) in [6, 6.07) is -0.0488. The monoisotopic (exact) mass is 326 g/mol. The molecule has 1 N–H and O–H groups in total. The molecule has 0 amide bonds. The minimum Gasteiger partial charge on any atom is -0.309 e. The molecule has 0 aliphatic rings. The van der Waals surface area contributed by atoms with Crippen molar-refractivity contribution in [2.75, 3.05) is 18.1 Å². The van der Waals surface area contributed by atoms with Crippen LogP contribution in [-0.2, 0) is 6.18 Å². The zero-order valence-corrected chi connectivity index (χ0v) is 13.6. The Hall–Kier alpha value is -0.270. The van der Waals surface area contributed by atoms with E-state index in [0.29, 0.717) is 10.8 Å². The van der Waals surface area contributed by atoms with Crippen molar-refractivity contribution in [3.8, 4) is 0 Å². The van der Waals surface area contributed by atoms with Gasteiger partial charge in [0.2, 0.25) is 0 Å². The van der Waals surface area contributed by atoms with Gasteiger partial charge < -0.3 is 5.32 Å². The predicted molar refractivity (Wildman–Crippen MR) is 80.3 cm³/mol. The SMILES string of the molecule is CCCNC(CSCC(C)C)c1cnc(C(F)(F)F)s1. The molecule has 0 spiro atoms. The summed E-state index contributed by atoms with van der Waals surface area (Å²) in [6.45, 7) is 7.11. The first-order chi connectivity index (χ1) is 9.34. The molecular formula is C13H21F3N2S2. The molecule has 0 radical (unpaired) electrons. The maximum absolute atomic E-state index is 12.6. The normalized spacial score (nSPS) is 13.9. The summed E-state index contributed by atoms with van der Waals surface area (Å²) in [5.74, 6) is 2.37. The van der Waals surface area contributed by atoms with Gasteiger partial charge >= 0.3 is 6.18 Å². The molecule has 0 bridgehead atoms. The Kier molecular flexibility index (Phi) is 7.33. The molecule has 1 rings (SSSR count). The van der Waals surface area contributed by atoms with Crippen molar-refractivity contribution in [1.82, 2.24) is 10.3 Å². The molecule has 1 aromatic rings. The fraction of sp³-hybridized carbons (Fsp3) is 0.769. The van der Waals surface area contributed by atoms with Crippen LogP contribution in [0.5, 0.6) is 0 Å². The average molecular weight is 326 g/mol. The maximum Gasteiger partial charge on any atom is 0.443 e. The summed E-state index contributed by atoms with van der Waals surface area (Å²) in [5.41, 5.74) is 0. The van der Waals surface area contributed by atoms with Crippen LogP contribution < -0.4 is 5.32 Å². The second-order valence-electron chi connectivity index (χ2n) is 5.00. The van der Waals surface area contributed by atoms with Gasteiger partial charge in [0.1, 0.15) is 0 Å². The van der Waals surface area contributed by atoms with E-state index in [9.17, 15) is 13.2 Å². The number of halogens is 3. The Morgan fingerprint density at radius 3 is 2.55 bits per heavy atom. The third-order valence-electron chi connectivity index (χ3n) is 2.49. The average Bonchev–Trinajstić information content (AvgIpc) is 2.82. The van der Waals surface area contributed by atoms with Gasteiger partial charge in [-0.05, 0) is 24.6 Å². The zero-order chi connectivity index (χ0) is 15.2. The van der Waals surface area contributed by atoms with Crippen LogP contribution in [0, 0.1) is 5.92 Å². The van der Waals surface area contributed by atoms with Gasteiger partial charge in [-0.15, -0.1) is 11.3 Å². The first kappa shape index (κ1) is 17.8. The van der Waals surface area contributed by atoms with Crippen LogP contribution in [0.15, 0.2) is 6.20 Å². The van der Waals surface area contributed by atoms with Crippen LogP contribution in [0.4, 0.5) is 13.2 Å². The van der Waals surface area contributed by atoms with Gasteiger partial charge in [0, 0.05) is 16.8 Å². The molecule has 0 saturated heterocycles. The molecule has 20 heavy (non-hydrogen) atoms. The molecule has 0 saturated carbocycles. The van der Waals surface area contributed by atoms with Crippen LogP contribution in [0.1, 0.15) is 43.1 Å². The molecule has 0 aromatic carbocycles. The number of thiazole rings is 1. The lowest BCUT2D eigenvalue weighted by Crippen LogP contribution is -2.23. The molecule has 2 nitrogen and oxygen atoms in total. The lowest BCUT2D eigenvalue weighted by molar-refractivity contribution is -0.137. The predicted octanol–water partition coefficient (Wildman–Crippen LogP) is 4.59. The number of nitrogens with one attached hydrogen (secondary N) is 1. The van der Waals surface area contributed by atoms with Crippen molar-refractivity contribution in [2.45, 2.75) is 39.4 Å². The van der Waals surface area contributed by atoms with Crippen LogP contribution >= 0.6 is 23.1 Å². The van der Waals surface area contributed by atoms with Crippen LogP contribution in [-0.4, -0.2) is 23.0 Å². The van der Waals surface area contributed by atoms with Crippen molar-refractivity contribution in [2.24, 2.45) is 5.92 Å². The summed E-state index contributed by atoms with van der Waals surface area (Å²) in [6.07, 6.45) is -2.03. The first-order valence-corrected chi connectivity index (χ1v) is 8.65. The second kappa shape index (κ2) is 8.24. The van der Waals surface area contributed by atoms with Crippen molar-refractivity contribution >= 4 is 23.1 Å². The highest BCUT2D eigenvalue weighted by Crippen LogP contribution is 2.35. The maximum atomic E-state index is 12.6. The number of nitrogens with zero attached hydrogens (tertiary/aromatic N) is 1. The number of alkyl halides is 3. The molecule has 116 valence electrons. The topological polar surface area (TPSA) is 24.9 Å². The van der Waals surface area contributed by atoms with E-state index in [4.69, 9.17) is 0 Å². The quantitative estimate of drug-likeness (QED) is 0.756. The van der Waals surface area contributed by atoms with Crippen LogP contribution in [0.25, 0.3) is 0 Å². The van der Waals surface area contributed by atoms with E-state index < -0.39 is 11.2 Å². The summed E-state index contributed by atoms with van der Waals surface area (Å²) >= 11 is 2.51. The van der Waals surface area contributed by atoms with Gasteiger partial charge in [-0.3, -0.25) is 0 Å². The summed E-state index contributed by atoms with van der Waals surface area (Å²) in [5, 5.41) is 2.55. The van der Waals surface area contributed by atoms with E-state index in [1.807, 2.05) is 6.92 Å². The fourth-order valence-electron chi connectivity index (χ4n) is 1.56. The Balaban J connectivity index is 2.69. The van der Waals surface area contributed by atoms with Crippen molar-refractivity contribution in [3.05, 3.63) is 16.1 Å². The van der Waals surface area contributed by atoms with Gasteiger partial charge in [-0.25, -0.2) is 4.98 Å². The van der Waals surface area contributed by atoms with E-state index in [1.165, 1.54) is 6.20 Å². The Morgan fingerprint density at radius 1 is 1.35 bits per heavy atom. The van der Waals surface area contributed by atoms with Crippen LogP contribution in [0.2, 0.25) is 0 Å². The standard InChI is InChI=1S/C13H21F3N2S2/c1-4-5-17-10(8-19-7-9(2)3)11-6-18-12(20-11)13(14,15)16/h6,9-10,17H,4-5,7-8H2,1-3H3.